The minimum Gasteiger partial charge on any atom is -0.495 e. The van der Waals surface area contributed by atoms with E-state index in [4.69, 9.17) is 41.0 Å². The van der Waals surface area contributed by atoms with Crippen LogP contribution in [0.4, 0.5) is 10.5 Å². The lowest BCUT2D eigenvalue weighted by Gasteiger charge is -2.42. The first-order valence-corrected chi connectivity index (χ1v) is 17.4. The summed E-state index contributed by atoms with van der Waals surface area (Å²) >= 11 is 6.76. The van der Waals surface area contributed by atoms with Crippen molar-refractivity contribution < 1.29 is 43.2 Å². The molecule has 1 aliphatic carbocycles. The van der Waals surface area contributed by atoms with Crippen molar-refractivity contribution in [1.82, 2.24) is 5.32 Å². The zero-order chi connectivity index (χ0) is 35.7. The van der Waals surface area contributed by atoms with Crippen LogP contribution in [-0.4, -0.2) is 86.6 Å². The Morgan fingerprint density at radius 3 is 2.57 bits per heavy atom. The SMILES string of the molecule is COc1cc2cc(c1Cl)N(C)C(=O)C[C@H](OC(=O)C1CCC(CN)CC1)C1(C)O[C@H]1[C@H](C)[C@@H]1C[C@@](O)(NC(=O)O1)C(OC)/C=C/C=C(\C)C2. The Hall–Kier alpha value is -3.16. The van der Waals surface area contributed by atoms with Gasteiger partial charge < -0.3 is 39.4 Å². The number of nitrogens with zero attached hydrogens (tertiary/aromatic N) is 1. The number of carbonyl (C=O) groups excluding carboxylic acids is 3. The summed E-state index contributed by atoms with van der Waals surface area (Å²) in [5.74, 6) is -0.679. The Bertz CT molecular complexity index is 1480. The van der Waals surface area contributed by atoms with Crippen LogP contribution in [0.3, 0.4) is 0 Å². The highest BCUT2D eigenvalue weighted by atomic mass is 35.5. The molecule has 1 aromatic rings. The summed E-state index contributed by atoms with van der Waals surface area (Å²) in [7, 11) is 4.60. The van der Waals surface area contributed by atoms with Gasteiger partial charge in [0.1, 0.15) is 34.7 Å². The van der Waals surface area contributed by atoms with Crippen LogP contribution in [0, 0.1) is 17.8 Å². The van der Waals surface area contributed by atoms with Crippen LogP contribution in [0.2, 0.25) is 5.02 Å². The smallest absolute Gasteiger partial charge is 0.409 e. The zero-order valence-electron chi connectivity index (χ0n) is 29.2. The van der Waals surface area contributed by atoms with Crippen molar-refractivity contribution in [1.29, 1.82) is 0 Å². The molecule has 4 bridgehead atoms. The van der Waals surface area contributed by atoms with Crippen LogP contribution >= 0.6 is 11.6 Å². The maximum absolute atomic E-state index is 14.1. The number of allylic oxidation sites excluding steroid dienone is 3. The third-order valence-electron chi connectivity index (χ3n) is 10.7. The molecule has 1 aromatic carbocycles. The molecule has 1 saturated carbocycles. The van der Waals surface area contributed by atoms with Crippen LogP contribution in [0.15, 0.2) is 35.9 Å². The summed E-state index contributed by atoms with van der Waals surface area (Å²) in [5, 5.41) is 14.5. The van der Waals surface area contributed by atoms with Gasteiger partial charge in [0.05, 0.1) is 31.2 Å². The maximum atomic E-state index is 14.1. The Kier molecular flexibility index (Phi) is 11.3. The molecule has 12 nitrogen and oxygen atoms in total. The van der Waals surface area contributed by atoms with Gasteiger partial charge in [-0.15, -0.1) is 0 Å². The average molecular weight is 704 g/mol. The predicted molar refractivity (Wildman–Crippen MR) is 183 cm³/mol. The molecule has 0 spiro atoms. The number of esters is 1. The monoisotopic (exact) mass is 703 g/mol. The summed E-state index contributed by atoms with van der Waals surface area (Å²) in [6.45, 7) is 6.18. The Balaban J connectivity index is 1.52. The van der Waals surface area contributed by atoms with Crippen molar-refractivity contribution in [2.24, 2.45) is 23.5 Å². The highest BCUT2D eigenvalue weighted by Gasteiger charge is 2.64. The molecule has 2 saturated heterocycles. The quantitative estimate of drug-likeness (QED) is 0.295. The van der Waals surface area contributed by atoms with Gasteiger partial charge >= 0.3 is 12.1 Å². The molecule has 3 aliphatic heterocycles. The molecule has 13 heteroatoms. The highest BCUT2D eigenvalue weighted by Crippen LogP contribution is 2.49. The van der Waals surface area contributed by atoms with Crippen molar-refractivity contribution in [2.75, 3.05) is 32.7 Å². The minimum atomic E-state index is -1.78. The number of hydrogen-bond acceptors (Lipinski definition) is 10. The van der Waals surface area contributed by atoms with Crippen molar-refractivity contribution in [3.05, 3.63) is 46.5 Å². The second-order valence-electron chi connectivity index (χ2n) is 14.2. The number of carbonyl (C=O) groups is 3. The largest absolute Gasteiger partial charge is 0.495 e. The van der Waals surface area contributed by atoms with Crippen LogP contribution in [0.1, 0.15) is 64.9 Å². The Morgan fingerprint density at radius 1 is 1.20 bits per heavy atom. The van der Waals surface area contributed by atoms with Gasteiger partial charge in [0.15, 0.2) is 5.72 Å². The van der Waals surface area contributed by atoms with E-state index in [2.05, 4.69) is 5.32 Å². The molecule has 2 amide bonds. The van der Waals surface area contributed by atoms with Gasteiger partial charge in [-0.05, 0) is 76.1 Å². The lowest BCUT2D eigenvalue weighted by molar-refractivity contribution is -0.160. The number of fused-ring (bicyclic) bond motifs is 5. The lowest BCUT2D eigenvalue weighted by Crippen LogP contribution is -2.63. The number of methoxy groups -OCH3 is 2. The maximum Gasteiger partial charge on any atom is 0.409 e. The molecule has 4 N–H and O–H groups in total. The molecule has 3 heterocycles. The number of nitrogens with two attached hydrogens (primary N) is 1. The number of hydrogen-bond donors (Lipinski definition) is 3. The first kappa shape index (κ1) is 37.1. The van der Waals surface area contributed by atoms with E-state index in [1.165, 1.54) is 19.1 Å². The third kappa shape index (κ3) is 7.93. The molecule has 4 aliphatic rings. The second kappa shape index (κ2) is 15.0. The molecule has 0 aromatic heterocycles. The number of nitrogens with one attached hydrogen (secondary N) is 1. The molecule has 2 unspecified atom stereocenters. The molecule has 5 rings (SSSR count). The topological polar surface area (TPSA) is 162 Å². The standard InChI is InChI=1S/C36H50ClN3O9/c1-20-8-7-9-28(46-6)36(44)18-27(47-34(43)39-36)21(2)32-35(3,49-32)29(48-33(42)24-12-10-22(19-38)11-13-24)17-30(41)40(4)25-15-23(14-20)16-26(45-5)31(25)37/h7-9,15-16,21-22,24,27-29,32,44H,10-14,17-19,38H2,1-6H3,(H,39,43)/b9-7+,20-8+/t21-,22?,24?,27+,28?,29+,32+,35?,36+/m1/s1. The van der Waals surface area contributed by atoms with Crippen LogP contribution in [0.5, 0.6) is 5.75 Å². The Labute approximate surface area is 293 Å². The second-order valence-corrected chi connectivity index (χ2v) is 14.6. The van der Waals surface area contributed by atoms with Gasteiger partial charge in [0, 0.05) is 26.5 Å². The van der Waals surface area contributed by atoms with Crippen molar-refractivity contribution in [2.45, 2.75) is 101 Å². The van der Waals surface area contributed by atoms with Crippen LogP contribution < -0.4 is 20.7 Å². The van der Waals surface area contributed by atoms with Gasteiger partial charge in [0.25, 0.3) is 0 Å². The summed E-state index contributed by atoms with van der Waals surface area (Å²) in [5.41, 5.74) is 5.27. The van der Waals surface area contributed by atoms with Crippen LogP contribution in [0.25, 0.3) is 0 Å². The van der Waals surface area contributed by atoms with E-state index in [0.29, 0.717) is 43.2 Å². The molecule has 49 heavy (non-hydrogen) atoms. The first-order chi connectivity index (χ1) is 23.2. The van der Waals surface area contributed by atoms with Crippen LogP contribution in [-0.2, 0) is 35.0 Å². The summed E-state index contributed by atoms with van der Waals surface area (Å²) in [6, 6.07) is 3.66. The molecule has 7 atom stereocenters. The minimum absolute atomic E-state index is 0.00201. The summed E-state index contributed by atoms with van der Waals surface area (Å²) in [6.07, 6.45) is 4.65. The van der Waals surface area contributed by atoms with E-state index in [-0.39, 0.29) is 35.7 Å². The fraction of sp³-hybridized carbons (Fsp3) is 0.639. The normalized spacial score (nSPS) is 37.1. The third-order valence-corrected chi connectivity index (χ3v) is 11.1. The van der Waals surface area contributed by atoms with E-state index in [9.17, 15) is 19.5 Å². The van der Waals surface area contributed by atoms with E-state index in [1.807, 2.05) is 32.1 Å². The number of rotatable bonds is 5. The number of ether oxygens (including phenoxy) is 5. The molecular formula is C36H50ClN3O9. The van der Waals surface area contributed by atoms with Crippen molar-refractivity contribution in [3.63, 3.8) is 0 Å². The van der Waals surface area contributed by atoms with Crippen molar-refractivity contribution >= 4 is 35.3 Å². The number of benzene rings is 1. The molecule has 270 valence electrons. The number of halogens is 1. The summed E-state index contributed by atoms with van der Waals surface area (Å²) < 4.78 is 29.4. The van der Waals surface area contributed by atoms with E-state index in [1.54, 1.807) is 26.1 Å². The number of amides is 2. The zero-order valence-corrected chi connectivity index (χ0v) is 30.0. The number of alkyl carbamates (subject to hydrolysis) is 1. The van der Waals surface area contributed by atoms with Gasteiger partial charge in [-0.3, -0.25) is 14.9 Å². The fourth-order valence-electron chi connectivity index (χ4n) is 7.48. The van der Waals surface area contributed by atoms with Gasteiger partial charge in [-0.25, -0.2) is 4.79 Å². The molecule has 0 radical (unpaired) electrons. The van der Waals surface area contributed by atoms with E-state index >= 15 is 0 Å². The summed E-state index contributed by atoms with van der Waals surface area (Å²) in [4.78, 5) is 42.0. The number of aliphatic hydroxyl groups is 1. The van der Waals surface area contributed by atoms with Gasteiger partial charge in [-0.1, -0.05) is 42.3 Å². The first-order valence-electron chi connectivity index (χ1n) is 17.0. The Morgan fingerprint density at radius 2 is 1.92 bits per heavy atom. The molecular weight excluding hydrogens is 654 g/mol. The molecule has 3 fully saturated rings. The van der Waals surface area contributed by atoms with E-state index in [0.717, 1.165) is 24.0 Å². The lowest BCUT2D eigenvalue weighted by atomic mass is 9.81. The van der Waals surface area contributed by atoms with Crippen molar-refractivity contribution in [3.8, 4) is 5.75 Å². The van der Waals surface area contributed by atoms with E-state index < -0.39 is 47.8 Å². The fourth-order valence-corrected chi connectivity index (χ4v) is 7.79. The number of epoxide rings is 1. The highest BCUT2D eigenvalue weighted by molar-refractivity contribution is 6.35. The van der Waals surface area contributed by atoms with Gasteiger partial charge in [-0.2, -0.15) is 0 Å². The predicted octanol–water partition coefficient (Wildman–Crippen LogP) is 4.43. The number of anilines is 1. The average Bonchev–Trinajstić information content (AvgIpc) is 3.77. The van der Waals surface area contributed by atoms with Gasteiger partial charge in [0.2, 0.25) is 5.91 Å².